The number of hydrogen-bond donors (Lipinski definition) is 6. The summed E-state index contributed by atoms with van der Waals surface area (Å²) < 4.78 is 49.0. The Morgan fingerprint density at radius 2 is 0.511 bits per heavy atom. The molecule has 21 heteroatoms. The van der Waals surface area contributed by atoms with Crippen LogP contribution in [0.5, 0.6) is 0 Å². The first-order valence-corrected chi connectivity index (χ1v) is 57.7. The van der Waals surface area contributed by atoms with Gasteiger partial charge in [-0.05, 0) is 513 Å². The SMILES string of the molecule is CCC(C)(C)C(=O)OC(C)(C)C12CC3CC(C(C)(C)O)(CC(C(C)(C)O)(C3)C1)C2.CCC(C)(C)C(=O)OC(C)(C)C12CC3CC(CC(C(C)(C)O)(C3)C1)C2.CCC(C)(C)C(=O)OC(C)(C)C12CC3CC(CC(CO)(C3)C1)C2.CCC(C)(C)C(=O)OC(C)(C)C12CC3CC(CC(OI)(C3)C1)C2.CCC(C)(C)C(=O)OC12CC3CC(CC(O)(C3)C1)C2.CCC(C)(C)C(=O)OC12CC3CC(CC(OCCO)(C3)C1)C2. The maximum absolute atomic E-state index is 13.0. The Bertz CT molecular complexity index is 4300. The minimum Gasteiger partial charge on any atom is -0.459 e. The predicted octanol–water partition coefficient (Wildman–Crippen LogP) is 26.2. The van der Waals surface area contributed by atoms with Crippen molar-refractivity contribution in [3.05, 3.63) is 0 Å². The first kappa shape index (κ1) is 115. The first-order chi connectivity index (χ1) is 64.3. The summed E-state index contributed by atoms with van der Waals surface area (Å²) in [6.45, 7) is 65.2. The average molecular weight is 2090 g/mol. The number of aliphatic hydroxyl groups is 6. The van der Waals surface area contributed by atoms with Gasteiger partial charge < -0.3 is 66.9 Å². The summed E-state index contributed by atoms with van der Waals surface area (Å²) in [5, 5.41) is 63.4. The molecule has 0 heterocycles. The van der Waals surface area contributed by atoms with E-state index in [0.717, 1.165) is 204 Å². The molecule has 12 atom stereocenters. The summed E-state index contributed by atoms with van der Waals surface area (Å²) in [5.41, 5.74) is -8.83. The number of ether oxygens (including phenoxy) is 7. The summed E-state index contributed by atoms with van der Waals surface area (Å²) in [7, 11) is 0. The van der Waals surface area contributed by atoms with Crippen molar-refractivity contribution in [2.45, 2.75) is 558 Å². The molecular formula is C120H203IO20. The third kappa shape index (κ3) is 21.9. The van der Waals surface area contributed by atoms with Crippen molar-refractivity contribution in [3.63, 3.8) is 0 Å². The highest BCUT2D eigenvalue weighted by Crippen LogP contribution is 2.79. The van der Waals surface area contributed by atoms with E-state index in [4.69, 9.17) is 41.3 Å². The number of aliphatic hydroxyl groups excluding tert-OH is 2. The van der Waals surface area contributed by atoms with Crippen LogP contribution < -0.4 is 0 Å². The van der Waals surface area contributed by atoms with Gasteiger partial charge in [0.05, 0.1) is 79.3 Å². The molecule has 0 spiro atoms. The van der Waals surface area contributed by atoms with Gasteiger partial charge in [0, 0.05) is 51.9 Å². The van der Waals surface area contributed by atoms with Crippen LogP contribution in [0.4, 0.5) is 0 Å². The van der Waals surface area contributed by atoms with Gasteiger partial charge >= 0.3 is 35.8 Å². The maximum atomic E-state index is 13.0. The van der Waals surface area contributed by atoms with E-state index in [1.807, 2.05) is 159 Å². The van der Waals surface area contributed by atoms with E-state index in [0.29, 0.717) is 72.9 Å². The number of hydrogen-bond acceptors (Lipinski definition) is 20. The lowest BCUT2D eigenvalue weighted by Gasteiger charge is -2.73. The lowest BCUT2D eigenvalue weighted by molar-refractivity contribution is -0.295. The lowest BCUT2D eigenvalue weighted by atomic mass is 9.33. The Morgan fingerprint density at radius 3 is 0.823 bits per heavy atom. The fourth-order valence-corrected chi connectivity index (χ4v) is 35.3. The van der Waals surface area contributed by atoms with Crippen molar-refractivity contribution < 1.29 is 95.6 Å². The van der Waals surface area contributed by atoms with E-state index in [9.17, 15) is 54.3 Å². The fraction of sp³-hybridized carbons (Fsp3) is 0.950. The summed E-state index contributed by atoms with van der Waals surface area (Å²) in [5.74, 6) is 6.54. The maximum Gasteiger partial charge on any atom is 0.312 e. The van der Waals surface area contributed by atoms with Gasteiger partial charge in [-0.3, -0.25) is 28.8 Å². The van der Waals surface area contributed by atoms with E-state index in [-0.39, 0.29) is 108 Å². The van der Waals surface area contributed by atoms with Gasteiger partial charge in [0.25, 0.3) is 0 Å². The van der Waals surface area contributed by atoms with Gasteiger partial charge in [0.1, 0.15) is 56.6 Å². The summed E-state index contributed by atoms with van der Waals surface area (Å²) in [6.07, 6.45) is 43.1. The molecule has 0 aliphatic heterocycles. The summed E-state index contributed by atoms with van der Waals surface area (Å²) >= 11 is 2.11. The molecule has 12 unspecified atom stereocenters. The Hall–Kier alpha value is -2.77. The smallest absolute Gasteiger partial charge is 0.312 e. The number of esters is 6. The van der Waals surface area contributed by atoms with E-state index in [2.05, 4.69) is 85.3 Å². The van der Waals surface area contributed by atoms with Crippen molar-refractivity contribution in [2.75, 3.05) is 19.8 Å². The highest BCUT2D eigenvalue weighted by molar-refractivity contribution is 14.1. The number of rotatable bonds is 30. The molecule has 24 saturated carbocycles. The van der Waals surface area contributed by atoms with E-state index in [1.54, 1.807) is 0 Å². The standard InChI is InChI=1S/C25H44O4.C22H38O3.C20H34O3.C19H31IO3.C18H30O4.C16H26O3/c1-10-19(2,3)18(26)29-22(8,9)25-13-17-11-23(15-25,20(4,5)27)14-24(12-17,16-25)21(6,7)28;1-8-18(2,3)17(23)25-20(6,7)22-12-15-9-16(13-22)11-21(10-15,14-22)19(4,5)24;1-6-17(2,3)16(22)23-18(4,5)20-10-14-7-15(11-20)9-19(8-14,12-20)13-21;1-6-16(2,3)15(21)22-17(4,5)18-8-13-7-14(9-18)11-19(10-13,12-18)23-20;1-4-16(2,3)15(20)22-18-10-13-7-14(11-18)9-17(8-13,12-18)21-6-5-19;1-4-14(2,3)13(17)19-16-8-11-5-12(9-16)7-15(18,6-11)10-16/h17,27-28H,10-16H2,1-9H3;15-16,24H,8-14H2,1-7H3;14-15,21H,6-13H2,1-5H3;13-14H,6-12H2,1-5H3;13-14,19H,4-12H2,1-3H3;11-12,18H,4-10H2,1-3H3. The van der Waals surface area contributed by atoms with Crippen LogP contribution in [0.15, 0.2) is 0 Å². The van der Waals surface area contributed by atoms with Crippen molar-refractivity contribution in [3.8, 4) is 0 Å². The van der Waals surface area contributed by atoms with Crippen LogP contribution >= 0.6 is 23.0 Å². The summed E-state index contributed by atoms with van der Waals surface area (Å²) in [4.78, 5) is 76.2. The molecule has 0 aromatic heterocycles. The van der Waals surface area contributed by atoms with Gasteiger partial charge in [-0.1, -0.05) is 41.5 Å². The normalized spacial score (nSPS) is 39.6. The van der Waals surface area contributed by atoms with Crippen molar-refractivity contribution in [2.24, 2.45) is 141 Å². The van der Waals surface area contributed by atoms with Crippen LogP contribution in [0.25, 0.3) is 0 Å². The van der Waals surface area contributed by atoms with E-state index >= 15 is 0 Å². The highest BCUT2D eigenvalue weighted by Gasteiger charge is 2.75. The molecule has 0 saturated heterocycles. The molecule has 0 radical (unpaired) electrons. The van der Waals surface area contributed by atoms with Gasteiger partial charge in [-0.25, -0.2) is 0 Å². The minimum absolute atomic E-state index is 0.0105. The molecule has 20 nitrogen and oxygen atoms in total. The largest absolute Gasteiger partial charge is 0.459 e. The Kier molecular flexibility index (Phi) is 31.5. The summed E-state index contributed by atoms with van der Waals surface area (Å²) in [6, 6.07) is 0. The van der Waals surface area contributed by atoms with E-state index in [1.165, 1.54) is 70.6 Å². The highest BCUT2D eigenvalue weighted by atomic mass is 127. The number of halogens is 1. The second-order valence-electron chi connectivity index (χ2n) is 60.5. The number of carbonyl (C=O) groups is 6. The Labute approximate surface area is 868 Å². The van der Waals surface area contributed by atoms with Gasteiger partial charge in [-0.15, -0.1) is 0 Å². The molecule has 0 aromatic carbocycles. The molecule has 24 aliphatic rings. The van der Waals surface area contributed by atoms with Crippen molar-refractivity contribution >= 4 is 58.8 Å². The zero-order valence-corrected chi connectivity index (χ0v) is 97.1. The second kappa shape index (κ2) is 38.5. The second-order valence-corrected chi connectivity index (χ2v) is 61.0. The molecule has 141 heavy (non-hydrogen) atoms. The van der Waals surface area contributed by atoms with Gasteiger partial charge in [-0.2, -0.15) is 0 Å². The van der Waals surface area contributed by atoms with Crippen LogP contribution in [-0.4, -0.2) is 153 Å². The molecule has 0 aromatic rings. The molecule has 6 N–H and O–H groups in total. The van der Waals surface area contributed by atoms with Crippen molar-refractivity contribution in [1.29, 1.82) is 0 Å². The molecule has 810 valence electrons. The zero-order valence-electron chi connectivity index (χ0n) is 94.9. The molecular weight excluding hydrogens is 1890 g/mol. The lowest BCUT2D eigenvalue weighted by Crippen LogP contribution is -2.71. The number of carbonyl (C=O) groups excluding carboxylic acids is 6. The third-order valence-electron chi connectivity index (χ3n) is 44.9. The first-order valence-electron chi connectivity index (χ1n) is 56.8. The molecule has 24 fully saturated rings. The van der Waals surface area contributed by atoms with Crippen LogP contribution in [0.3, 0.4) is 0 Å². The van der Waals surface area contributed by atoms with Gasteiger partial charge in [0.15, 0.2) is 0 Å². The molecule has 24 bridgehead atoms. The molecule has 24 rings (SSSR count). The molecule has 24 aliphatic carbocycles. The van der Waals surface area contributed by atoms with Gasteiger partial charge in [0.2, 0.25) is 0 Å². The van der Waals surface area contributed by atoms with Crippen LogP contribution in [-0.2, 0) is 65.0 Å². The minimum atomic E-state index is -0.836. The molecule has 0 amide bonds. The van der Waals surface area contributed by atoms with Crippen molar-refractivity contribution in [1.82, 2.24) is 0 Å². The van der Waals surface area contributed by atoms with E-state index < -0.39 is 77.3 Å². The topological polar surface area (TPSA) is 298 Å². The quantitative estimate of drug-likeness (QED) is 0.0221. The Morgan fingerprint density at radius 1 is 0.270 bits per heavy atom. The zero-order chi connectivity index (χ0) is 105. The fourth-order valence-electron chi connectivity index (χ4n) is 34.8. The van der Waals surface area contributed by atoms with Crippen LogP contribution in [0.2, 0.25) is 0 Å². The average Bonchev–Trinajstić information content (AvgIpc) is 0.668. The van der Waals surface area contributed by atoms with Crippen LogP contribution in [0.1, 0.15) is 491 Å². The van der Waals surface area contributed by atoms with Crippen LogP contribution in [0, 0.1) is 141 Å². The third-order valence-corrected chi connectivity index (χ3v) is 45.8. The predicted molar refractivity (Wildman–Crippen MR) is 561 cm³/mol. The monoisotopic (exact) mass is 2090 g/mol. The Balaban J connectivity index is 0.000000143.